The van der Waals surface area contributed by atoms with Gasteiger partial charge in [-0.3, -0.25) is 0 Å². The zero-order chi connectivity index (χ0) is 16.8. The van der Waals surface area contributed by atoms with Crippen LogP contribution < -0.4 is 15.4 Å². The lowest BCUT2D eigenvalue weighted by atomic mass is 9.93. The normalized spacial score (nSPS) is 11.9. The molecule has 2 aromatic rings. The Bertz CT molecular complexity index is 653. The Kier molecular flexibility index (Phi) is 5.99. The molecular formula is C19H24N2OS. The third-order valence-electron chi connectivity index (χ3n) is 3.82. The van der Waals surface area contributed by atoms with Crippen molar-refractivity contribution in [2.45, 2.75) is 26.8 Å². The van der Waals surface area contributed by atoms with Gasteiger partial charge in [-0.25, -0.2) is 0 Å². The highest BCUT2D eigenvalue weighted by Crippen LogP contribution is 2.25. The maximum atomic E-state index is 5.48. The molecule has 0 amide bonds. The predicted octanol–water partition coefficient (Wildman–Crippen LogP) is 4.69. The molecule has 0 radical (unpaired) electrons. The molecule has 0 aliphatic carbocycles. The van der Waals surface area contributed by atoms with Gasteiger partial charge in [0.1, 0.15) is 5.75 Å². The highest BCUT2D eigenvalue weighted by molar-refractivity contribution is 7.80. The van der Waals surface area contributed by atoms with E-state index in [1.54, 1.807) is 7.11 Å². The van der Waals surface area contributed by atoms with Crippen molar-refractivity contribution in [3.8, 4) is 5.75 Å². The maximum Gasteiger partial charge on any atom is 0.171 e. The minimum Gasteiger partial charge on any atom is -0.497 e. The Morgan fingerprint density at radius 1 is 1.04 bits per heavy atom. The number of aryl methyl sites for hydroxylation is 1. The fourth-order valence-corrected chi connectivity index (χ4v) is 2.77. The van der Waals surface area contributed by atoms with Gasteiger partial charge in [-0.15, -0.1) is 0 Å². The zero-order valence-corrected chi connectivity index (χ0v) is 14.9. The smallest absolute Gasteiger partial charge is 0.171 e. The molecule has 0 aliphatic rings. The number of thiocarbonyl (C=S) groups is 1. The molecule has 0 heterocycles. The van der Waals surface area contributed by atoms with Gasteiger partial charge < -0.3 is 15.4 Å². The Balaban J connectivity index is 2.07. The molecule has 2 rings (SSSR count). The van der Waals surface area contributed by atoms with Gasteiger partial charge in [0, 0.05) is 5.69 Å². The minimum absolute atomic E-state index is 0.175. The van der Waals surface area contributed by atoms with E-state index in [1.165, 1.54) is 11.1 Å². The second-order valence-electron chi connectivity index (χ2n) is 5.91. The average molecular weight is 328 g/mol. The summed E-state index contributed by atoms with van der Waals surface area (Å²) in [5, 5.41) is 7.29. The largest absolute Gasteiger partial charge is 0.497 e. The van der Waals surface area contributed by atoms with E-state index in [1.807, 2.05) is 24.3 Å². The van der Waals surface area contributed by atoms with Gasteiger partial charge in [-0.1, -0.05) is 38.1 Å². The van der Waals surface area contributed by atoms with E-state index in [4.69, 9.17) is 17.0 Å². The summed E-state index contributed by atoms with van der Waals surface area (Å²) in [5.74, 6) is 1.25. The summed E-state index contributed by atoms with van der Waals surface area (Å²) in [5.41, 5.74) is 3.49. The Hall–Kier alpha value is -2.07. The molecule has 122 valence electrons. The highest BCUT2D eigenvalue weighted by Gasteiger charge is 2.18. The Morgan fingerprint density at radius 2 is 1.70 bits per heavy atom. The van der Waals surface area contributed by atoms with E-state index < -0.39 is 0 Å². The quantitative estimate of drug-likeness (QED) is 0.780. The molecule has 0 saturated carbocycles. The lowest BCUT2D eigenvalue weighted by Crippen LogP contribution is -2.35. The van der Waals surface area contributed by atoms with Gasteiger partial charge in [0.05, 0.1) is 13.2 Å². The van der Waals surface area contributed by atoms with Crippen molar-refractivity contribution in [3.63, 3.8) is 0 Å². The SMILES string of the molecule is COc1ccc(NC(=S)N[C@H](c2ccccc2C)C(C)C)cc1. The van der Waals surface area contributed by atoms with Gasteiger partial charge in [-0.2, -0.15) is 0 Å². The van der Waals surface area contributed by atoms with Gasteiger partial charge in [0.15, 0.2) is 5.11 Å². The van der Waals surface area contributed by atoms with Crippen LogP contribution in [0.15, 0.2) is 48.5 Å². The first-order valence-electron chi connectivity index (χ1n) is 7.78. The first-order valence-corrected chi connectivity index (χ1v) is 8.19. The van der Waals surface area contributed by atoms with Crippen molar-refractivity contribution in [3.05, 3.63) is 59.7 Å². The monoisotopic (exact) mass is 328 g/mol. The number of methoxy groups -OCH3 is 1. The Labute approximate surface area is 144 Å². The van der Waals surface area contributed by atoms with E-state index in [9.17, 15) is 0 Å². The van der Waals surface area contributed by atoms with Crippen molar-refractivity contribution in [1.29, 1.82) is 0 Å². The van der Waals surface area contributed by atoms with Crippen molar-refractivity contribution in [2.75, 3.05) is 12.4 Å². The molecule has 2 N–H and O–H groups in total. The number of hydrogen-bond acceptors (Lipinski definition) is 2. The molecule has 23 heavy (non-hydrogen) atoms. The van der Waals surface area contributed by atoms with Gasteiger partial charge in [0.2, 0.25) is 0 Å². The van der Waals surface area contributed by atoms with Crippen LogP contribution in [0.1, 0.15) is 31.0 Å². The van der Waals surface area contributed by atoms with E-state index in [0.717, 1.165) is 11.4 Å². The van der Waals surface area contributed by atoms with E-state index in [2.05, 4.69) is 55.7 Å². The molecule has 0 unspecified atom stereocenters. The first kappa shape index (κ1) is 17.3. The van der Waals surface area contributed by atoms with Crippen LogP contribution in [0.3, 0.4) is 0 Å². The fourth-order valence-electron chi connectivity index (χ4n) is 2.52. The molecule has 0 aromatic heterocycles. The fraction of sp³-hybridized carbons (Fsp3) is 0.316. The van der Waals surface area contributed by atoms with Crippen LogP contribution in [0.5, 0.6) is 5.75 Å². The molecule has 1 atom stereocenters. The van der Waals surface area contributed by atoms with Crippen LogP contribution in [0.2, 0.25) is 0 Å². The molecular weight excluding hydrogens is 304 g/mol. The van der Waals surface area contributed by atoms with Crippen molar-refractivity contribution < 1.29 is 4.74 Å². The summed E-state index contributed by atoms with van der Waals surface area (Å²) >= 11 is 5.48. The first-order chi connectivity index (χ1) is 11.0. The number of hydrogen-bond donors (Lipinski definition) is 2. The van der Waals surface area contributed by atoms with Crippen LogP contribution in [0, 0.1) is 12.8 Å². The molecule has 3 nitrogen and oxygen atoms in total. The Morgan fingerprint density at radius 3 is 2.26 bits per heavy atom. The minimum atomic E-state index is 0.175. The van der Waals surface area contributed by atoms with Crippen LogP contribution in [0.25, 0.3) is 0 Å². The molecule has 0 saturated heterocycles. The second-order valence-corrected chi connectivity index (χ2v) is 6.31. The van der Waals surface area contributed by atoms with Crippen LogP contribution in [-0.4, -0.2) is 12.2 Å². The van der Waals surface area contributed by atoms with Gasteiger partial charge in [0.25, 0.3) is 0 Å². The van der Waals surface area contributed by atoms with Crippen molar-refractivity contribution >= 4 is 23.0 Å². The summed E-state index contributed by atoms with van der Waals surface area (Å²) in [6, 6.07) is 16.3. The number of anilines is 1. The molecule has 4 heteroatoms. The number of ether oxygens (including phenoxy) is 1. The van der Waals surface area contributed by atoms with Crippen molar-refractivity contribution in [2.24, 2.45) is 5.92 Å². The summed E-state index contributed by atoms with van der Waals surface area (Å²) in [6.45, 7) is 6.52. The van der Waals surface area contributed by atoms with Gasteiger partial charge in [-0.05, 0) is 60.5 Å². The second kappa shape index (κ2) is 7.97. The van der Waals surface area contributed by atoms with E-state index in [-0.39, 0.29) is 6.04 Å². The zero-order valence-electron chi connectivity index (χ0n) is 14.1. The molecule has 0 spiro atoms. The lowest BCUT2D eigenvalue weighted by molar-refractivity contribution is 0.415. The molecule has 0 fully saturated rings. The highest BCUT2D eigenvalue weighted by atomic mass is 32.1. The van der Waals surface area contributed by atoms with Crippen LogP contribution in [0.4, 0.5) is 5.69 Å². The number of rotatable bonds is 5. The van der Waals surface area contributed by atoms with Crippen molar-refractivity contribution in [1.82, 2.24) is 5.32 Å². The third-order valence-corrected chi connectivity index (χ3v) is 4.04. The van der Waals surface area contributed by atoms with E-state index in [0.29, 0.717) is 11.0 Å². The third kappa shape index (κ3) is 4.70. The number of benzene rings is 2. The van der Waals surface area contributed by atoms with Crippen LogP contribution in [-0.2, 0) is 0 Å². The number of nitrogens with one attached hydrogen (secondary N) is 2. The van der Waals surface area contributed by atoms with Gasteiger partial charge >= 0.3 is 0 Å². The van der Waals surface area contributed by atoms with E-state index >= 15 is 0 Å². The molecule has 0 aliphatic heterocycles. The standard InChI is InChI=1S/C19H24N2OS/c1-13(2)18(17-8-6-5-7-14(17)3)21-19(23)20-15-9-11-16(22-4)12-10-15/h5-13,18H,1-4H3,(H2,20,21,23)/t18-/m0/s1. The summed E-state index contributed by atoms with van der Waals surface area (Å²) in [7, 11) is 1.66. The summed E-state index contributed by atoms with van der Waals surface area (Å²) in [6.07, 6.45) is 0. The van der Waals surface area contributed by atoms with Crippen LogP contribution >= 0.6 is 12.2 Å². The topological polar surface area (TPSA) is 33.3 Å². The predicted molar refractivity (Wildman–Crippen MR) is 101 cm³/mol. The lowest BCUT2D eigenvalue weighted by Gasteiger charge is -2.26. The molecule has 0 bridgehead atoms. The molecule has 2 aromatic carbocycles. The average Bonchev–Trinajstić information content (AvgIpc) is 2.54. The summed E-state index contributed by atoms with van der Waals surface area (Å²) < 4.78 is 5.16. The maximum absolute atomic E-state index is 5.48. The summed E-state index contributed by atoms with van der Waals surface area (Å²) in [4.78, 5) is 0.